The summed E-state index contributed by atoms with van der Waals surface area (Å²) in [6.07, 6.45) is 7.34. The van der Waals surface area contributed by atoms with Crippen molar-refractivity contribution in [1.82, 2.24) is 0 Å². The second kappa shape index (κ2) is 13.2. The maximum atomic E-state index is 6.90. The fourth-order valence-electron chi connectivity index (χ4n) is 0.976. The summed E-state index contributed by atoms with van der Waals surface area (Å²) < 4.78 is 0. The average Bonchev–Trinajstić information content (AvgIpc) is 1.97. The van der Waals surface area contributed by atoms with E-state index in [1.807, 2.05) is 0 Å². The van der Waals surface area contributed by atoms with Crippen LogP contribution in [0.2, 0.25) is 0 Å². The molecule has 11 heavy (non-hydrogen) atoms. The van der Waals surface area contributed by atoms with Gasteiger partial charge in [0.2, 0.25) is 0 Å². The van der Waals surface area contributed by atoms with E-state index in [2.05, 4.69) is 0 Å². The summed E-state index contributed by atoms with van der Waals surface area (Å²) in [6.45, 7) is 1.43. The molecular formula is C8H19IrN2-. The van der Waals surface area contributed by atoms with Crippen LogP contribution in [0.25, 0.3) is 5.73 Å². The van der Waals surface area contributed by atoms with Crippen LogP contribution in [0, 0.1) is 0 Å². The number of hydrogen-bond acceptors (Lipinski definition) is 1. The summed E-state index contributed by atoms with van der Waals surface area (Å²) in [5, 5.41) is 0. The minimum absolute atomic E-state index is 0. The second-order valence-electron chi connectivity index (χ2n) is 2.66. The van der Waals surface area contributed by atoms with Crippen molar-refractivity contribution in [3.63, 3.8) is 0 Å². The van der Waals surface area contributed by atoms with Crippen LogP contribution >= 0.6 is 0 Å². The molecule has 0 atom stereocenters. The summed E-state index contributed by atoms with van der Waals surface area (Å²) >= 11 is 0. The molecule has 0 amide bonds. The number of rotatable bonds is 7. The van der Waals surface area contributed by atoms with Gasteiger partial charge in [-0.2, -0.15) is 6.54 Å². The molecule has 0 unspecified atom stereocenters. The van der Waals surface area contributed by atoms with Gasteiger partial charge in [-0.15, -0.1) is 0 Å². The number of nitrogens with one attached hydrogen (secondary N) is 1. The summed E-state index contributed by atoms with van der Waals surface area (Å²) in [4.78, 5) is 0. The summed E-state index contributed by atoms with van der Waals surface area (Å²) in [5.74, 6) is 0. The van der Waals surface area contributed by atoms with Gasteiger partial charge < -0.3 is 11.5 Å². The van der Waals surface area contributed by atoms with E-state index in [0.29, 0.717) is 6.54 Å². The van der Waals surface area contributed by atoms with Gasteiger partial charge in [0.05, 0.1) is 0 Å². The van der Waals surface area contributed by atoms with Crippen LogP contribution in [0.15, 0.2) is 0 Å². The van der Waals surface area contributed by atoms with Crippen LogP contribution in [0.5, 0.6) is 0 Å². The molecule has 0 aromatic heterocycles. The van der Waals surface area contributed by atoms with Crippen LogP contribution in [0.1, 0.15) is 38.5 Å². The van der Waals surface area contributed by atoms with Crippen molar-refractivity contribution in [2.45, 2.75) is 38.5 Å². The quantitative estimate of drug-likeness (QED) is 0.713. The van der Waals surface area contributed by atoms with E-state index in [1.165, 1.54) is 32.1 Å². The van der Waals surface area contributed by atoms with Gasteiger partial charge in [-0.1, -0.05) is 32.1 Å². The largest absolute Gasteiger partial charge is 0.677 e. The van der Waals surface area contributed by atoms with E-state index in [-0.39, 0.29) is 20.1 Å². The number of nitrogens with two attached hydrogens (primary N) is 1. The van der Waals surface area contributed by atoms with Crippen LogP contribution in [0.4, 0.5) is 0 Å². The summed E-state index contributed by atoms with van der Waals surface area (Å²) in [5.41, 5.74) is 12.2. The molecule has 3 N–H and O–H groups in total. The van der Waals surface area contributed by atoms with Crippen molar-refractivity contribution in [2.24, 2.45) is 5.73 Å². The fraction of sp³-hybridized carbons (Fsp3) is 1.00. The first-order valence-electron chi connectivity index (χ1n) is 4.26. The van der Waals surface area contributed by atoms with E-state index in [1.54, 1.807) is 0 Å². The van der Waals surface area contributed by atoms with Crippen molar-refractivity contribution in [2.75, 3.05) is 13.1 Å². The predicted octanol–water partition coefficient (Wildman–Crippen LogP) is 2.34. The maximum absolute atomic E-state index is 6.90. The topological polar surface area (TPSA) is 49.8 Å². The molecule has 3 heteroatoms. The van der Waals surface area contributed by atoms with Gasteiger partial charge in [0.25, 0.3) is 0 Å². The third-order valence-corrected chi connectivity index (χ3v) is 1.63. The van der Waals surface area contributed by atoms with E-state index in [4.69, 9.17) is 11.5 Å². The third-order valence-electron chi connectivity index (χ3n) is 1.63. The minimum atomic E-state index is 0. The first kappa shape index (κ1) is 14.1. The number of unbranched alkanes of at least 4 members (excludes halogenated alkanes) is 5. The van der Waals surface area contributed by atoms with E-state index in [9.17, 15) is 0 Å². The standard InChI is InChI=1S/C8H19N2.Ir/c9-7-5-3-1-2-4-6-8-10;/h9H,1-8,10H2;/q-1;. The van der Waals surface area contributed by atoms with E-state index >= 15 is 0 Å². The van der Waals surface area contributed by atoms with Crippen LogP contribution < -0.4 is 5.73 Å². The van der Waals surface area contributed by atoms with E-state index < -0.39 is 0 Å². The molecule has 0 fully saturated rings. The van der Waals surface area contributed by atoms with Crippen molar-refractivity contribution < 1.29 is 20.1 Å². The first-order chi connectivity index (χ1) is 4.91. The zero-order chi connectivity index (χ0) is 7.66. The van der Waals surface area contributed by atoms with Crippen molar-refractivity contribution in [3.05, 3.63) is 5.73 Å². The Labute approximate surface area is 83.5 Å². The molecule has 0 heterocycles. The molecule has 0 aromatic rings. The van der Waals surface area contributed by atoms with E-state index in [0.717, 1.165) is 13.0 Å². The molecular weight excluding hydrogens is 316 g/mol. The Morgan fingerprint density at radius 1 is 0.818 bits per heavy atom. The molecule has 0 spiro atoms. The Morgan fingerprint density at radius 2 is 1.27 bits per heavy atom. The predicted molar refractivity (Wildman–Crippen MR) is 45.9 cm³/mol. The van der Waals surface area contributed by atoms with Crippen molar-refractivity contribution in [3.8, 4) is 0 Å². The van der Waals surface area contributed by atoms with Crippen molar-refractivity contribution in [1.29, 1.82) is 0 Å². The van der Waals surface area contributed by atoms with Gasteiger partial charge >= 0.3 is 0 Å². The summed E-state index contributed by atoms with van der Waals surface area (Å²) in [6, 6.07) is 0. The van der Waals surface area contributed by atoms with Gasteiger partial charge in [0, 0.05) is 20.1 Å². The van der Waals surface area contributed by atoms with Crippen LogP contribution in [-0.4, -0.2) is 13.1 Å². The van der Waals surface area contributed by atoms with Gasteiger partial charge in [0.1, 0.15) is 0 Å². The molecule has 0 saturated carbocycles. The Hall–Kier alpha value is 0.569. The average molecular weight is 335 g/mol. The van der Waals surface area contributed by atoms with Gasteiger partial charge in [-0.05, 0) is 13.0 Å². The normalized spacial score (nSPS) is 9.27. The Balaban J connectivity index is 0. The van der Waals surface area contributed by atoms with Crippen LogP contribution in [-0.2, 0) is 20.1 Å². The first-order valence-corrected chi connectivity index (χ1v) is 4.26. The minimum Gasteiger partial charge on any atom is -0.677 e. The summed E-state index contributed by atoms with van der Waals surface area (Å²) in [7, 11) is 0. The molecule has 0 aliphatic carbocycles. The monoisotopic (exact) mass is 336 g/mol. The van der Waals surface area contributed by atoms with Gasteiger partial charge in [-0.25, -0.2) is 0 Å². The smallest absolute Gasteiger partial charge is 0 e. The second-order valence-corrected chi connectivity index (χ2v) is 2.66. The van der Waals surface area contributed by atoms with Crippen molar-refractivity contribution >= 4 is 0 Å². The van der Waals surface area contributed by atoms with Gasteiger partial charge in [0.15, 0.2) is 0 Å². The third kappa shape index (κ3) is 13.5. The Morgan fingerprint density at radius 3 is 1.73 bits per heavy atom. The molecule has 0 aliphatic rings. The molecule has 1 radical (unpaired) electrons. The molecule has 0 bridgehead atoms. The van der Waals surface area contributed by atoms with Crippen LogP contribution in [0.3, 0.4) is 0 Å². The zero-order valence-electron chi connectivity index (χ0n) is 7.07. The number of hydrogen-bond donors (Lipinski definition) is 1. The molecule has 0 aliphatic heterocycles. The van der Waals surface area contributed by atoms with Gasteiger partial charge in [-0.3, -0.25) is 0 Å². The Bertz CT molecular complexity index is 52.1. The molecule has 0 aromatic carbocycles. The zero-order valence-corrected chi connectivity index (χ0v) is 9.46. The maximum Gasteiger partial charge on any atom is 0 e. The fourth-order valence-corrected chi connectivity index (χ4v) is 0.976. The Kier molecular flexibility index (Phi) is 16.9. The molecule has 71 valence electrons. The SMILES string of the molecule is [Ir].[NH-]CCCCCCCCN. The molecule has 0 saturated heterocycles. The molecule has 0 rings (SSSR count). The molecule has 2 nitrogen and oxygen atoms in total.